The number of esters is 3. The smallest absolute Gasteiger partial charge is 0.339 e. The standard InChI is InChI=1S/C39H42O7/c1-4-37(40)44-25-9-8-24-43-33-19-14-30(15-20-33)12-13-31-16-23-36(28(2)26-31)32-17-21-35(22-18-32)46-39(42)29(3)27-38(41)45-34-10-6-5-7-11-34/h4,12-23,26,34H,1,3,5-11,24-25,27H2,2H3/b13-12+. The zero-order chi connectivity index (χ0) is 32.7. The third-order valence-corrected chi connectivity index (χ3v) is 7.69. The van der Waals surface area contributed by atoms with Crippen LogP contribution in [0.4, 0.5) is 0 Å². The molecule has 4 rings (SSSR count). The van der Waals surface area contributed by atoms with Gasteiger partial charge in [0.2, 0.25) is 0 Å². The van der Waals surface area contributed by atoms with Gasteiger partial charge in [0.15, 0.2) is 0 Å². The van der Waals surface area contributed by atoms with E-state index in [1.165, 1.54) is 6.42 Å². The van der Waals surface area contributed by atoms with Crippen LogP contribution in [0.2, 0.25) is 0 Å². The first-order valence-electron chi connectivity index (χ1n) is 15.8. The van der Waals surface area contributed by atoms with Crippen LogP contribution in [-0.4, -0.2) is 37.2 Å². The third-order valence-electron chi connectivity index (χ3n) is 7.69. The van der Waals surface area contributed by atoms with Crippen molar-refractivity contribution in [3.63, 3.8) is 0 Å². The topological polar surface area (TPSA) is 88.1 Å². The fraction of sp³-hybridized carbons (Fsp3) is 0.308. The summed E-state index contributed by atoms with van der Waals surface area (Å²) in [7, 11) is 0. The second-order valence-electron chi connectivity index (χ2n) is 11.3. The Hall–Kier alpha value is -4.91. The Bertz CT molecular complexity index is 1530. The Morgan fingerprint density at radius 3 is 2.17 bits per heavy atom. The van der Waals surface area contributed by atoms with Crippen molar-refractivity contribution >= 4 is 30.1 Å². The molecule has 0 radical (unpaired) electrons. The van der Waals surface area contributed by atoms with Gasteiger partial charge in [-0.3, -0.25) is 4.79 Å². The van der Waals surface area contributed by atoms with Crippen molar-refractivity contribution in [3.8, 4) is 22.6 Å². The van der Waals surface area contributed by atoms with Crippen LogP contribution in [-0.2, 0) is 23.9 Å². The van der Waals surface area contributed by atoms with Gasteiger partial charge in [0.25, 0.3) is 0 Å². The van der Waals surface area contributed by atoms with Crippen LogP contribution >= 0.6 is 0 Å². The predicted molar refractivity (Wildman–Crippen MR) is 180 cm³/mol. The van der Waals surface area contributed by atoms with Gasteiger partial charge in [0.05, 0.1) is 19.6 Å². The summed E-state index contributed by atoms with van der Waals surface area (Å²) in [4.78, 5) is 35.8. The number of carbonyl (C=O) groups is 3. The highest BCUT2D eigenvalue weighted by Crippen LogP contribution is 2.28. The van der Waals surface area contributed by atoms with Crippen molar-refractivity contribution in [2.24, 2.45) is 0 Å². The van der Waals surface area contributed by atoms with Gasteiger partial charge >= 0.3 is 17.9 Å². The van der Waals surface area contributed by atoms with Gasteiger partial charge in [-0.25, -0.2) is 9.59 Å². The molecule has 3 aromatic rings. The largest absolute Gasteiger partial charge is 0.494 e. The second-order valence-corrected chi connectivity index (χ2v) is 11.3. The lowest BCUT2D eigenvalue weighted by Gasteiger charge is -2.21. The Morgan fingerprint density at radius 2 is 1.48 bits per heavy atom. The normalized spacial score (nSPS) is 13.2. The van der Waals surface area contributed by atoms with E-state index in [2.05, 4.69) is 50.4 Å². The summed E-state index contributed by atoms with van der Waals surface area (Å²) in [6.45, 7) is 10.1. The molecule has 0 heterocycles. The highest BCUT2D eigenvalue weighted by Gasteiger charge is 2.20. The highest BCUT2D eigenvalue weighted by molar-refractivity contribution is 5.94. The SMILES string of the molecule is C=CC(=O)OCCCCOc1ccc(/C=C/c2ccc(-c3ccc(OC(=O)C(=C)CC(=O)OC4CCCCC4)cc3)c(C)c2)cc1. The first-order chi connectivity index (χ1) is 22.3. The van der Waals surface area contributed by atoms with E-state index in [0.717, 1.165) is 78.2 Å². The summed E-state index contributed by atoms with van der Waals surface area (Å²) in [6, 6.07) is 21.4. The van der Waals surface area contributed by atoms with E-state index in [9.17, 15) is 14.4 Å². The summed E-state index contributed by atoms with van der Waals surface area (Å²) >= 11 is 0. The molecule has 0 aromatic heterocycles. The van der Waals surface area contributed by atoms with Gasteiger partial charge in [-0.15, -0.1) is 0 Å². The van der Waals surface area contributed by atoms with Crippen molar-refractivity contribution < 1.29 is 33.3 Å². The highest BCUT2D eigenvalue weighted by atomic mass is 16.5. The molecule has 46 heavy (non-hydrogen) atoms. The molecule has 0 unspecified atom stereocenters. The number of hydrogen-bond donors (Lipinski definition) is 0. The maximum absolute atomic E-state index is 12.5. The minimum Gasteiger partial charge on any atom is -0.494 e. The number of carbonyl (C=O) groups excluding carboxylic acids is 3. The van der Waals surface area contributed by atoms with Crippen LogP contribution < -0.4 is 9.47 Å². The first kappa shape index (κ1) is 34.0. The molecular weight excluding hydrogens is 580 g/mol. The number of unbranched alkanes of at least 4 members (excludes halogenated alkanes) is 1. The first-order valence-corrected chi connectivity index (χ1v) is 15.8. The molecule has 0 amide bonds. The zero-order valence-electron chi connectivity index (χ0n) is 26.5. The van der Waals surface area contributed by atoms with Gasteiger partial charge < -0.3 is 18.9 Å². The van der Waals surface area contributed by atoms with E-state index < -0.39 is 17.9 Å². The summed E-state index contributed by atoms with van der Waals surface area (Å²) in [5.74, 6) is -0.298. The van der Waals surface area contributed by atoms with Crippen molar-refractivity contribution in [3.05, 3.63) is 108 Å². The third kappa shape index (κ3) is 10.9. The molecule has 0 aliphatic heterocycles. The molecule has 1 fully saturated rings. The molecule has 0 atom stereocenters. The fourth-order valence-corrected chi connectivity index (χ4v) is 5.15. The van der Waals surface area contributed by atoms with E-state index in [1.807, 2.05) is 36.4 Å². The molecule has 0 saturated heterocycles. The van der Waals surface area contributed by atoms with Crippen LogP contribution in [0.25, 0.3) is 23.3 Å². The minimum atomic E-state index is -0.636. The molecule has 7 heteroatoms. The molecule has 7 nitrogen and oxygen atoms in total. The van der Waals surface area contributed by atoms with Crippen LogP contribution in [0.3, 0.4) is 0 Å². The van der Waals surface area contributed by atoms with Crippen molar-refractivity contribution in [2.75, 3.05) is 13.2 Å². The molecule has 0 bridgehead atoms. The van der Waals surface area contributed by atoms with E-state index in [-0.39, 0.29) is 18.1 Å². The second kappa shape index (κ2) is 17.5. The van der Waals surface area contributed by atoms with Gasteiger partial charge in [0.1, 0.15) is 17.6 Å². The van der Waals surface area contributed by atoms with E-state index in [4.69, 9.17) is 18.9 Å². The fourth-order valence-electron chi connectivity index (χ4n) is 5.15. The quantitative estimate of drug-likeness (QED) is 0.0552. The van der Waals surface area contributed by atoms with Gasteiger partial charge in [-0.2, -0.15) is 0 Å². The monoisotopic (exact) mass is 622 g/mol. The molecule has 1 aliphatic rings. The average molecular weight is 623 g/mol. The number of rotatable bonds is 15. The van der Waals surface area contributed by atoms with Crippen molar-refractivity contribution in [1.82, 2.24) is 0 Å². The lowest BCUT2D eigenvalue weighted by molar-refractivity contribution is -0.150. The zero-order valence-corrected chi connectivity index (χ0v) is 26.5. The van der Waals surface area contributed by atoms with E-state index in [0.29, 0.717) is 19.0 Å². The predicted octanol–water partition coefficient (Wildman–Crippen LogP) is 8.45. The molecule has 3 aromatic carbocycles. The number of ether oxygens (including phenoxy) is 4. The van der Waals surface area contributed by atoms with E-state index >= 15 is 0 Å². The molecule has 1 saturated carbocycles. The summed E-state index contributed by atoms with van der Waals surface area (Å²) in [5, 5.41) is 0. The number of benzene rings is 3. The minimum absolute atomic E-state index is 0.0593. The molecule has 240 valence electrons. The number of aryl methyl sites for hydroxylation is 1. The van der Waals surface area contributed by atoms with Crippen LogP contribution in [0.1, 0.15) is 68.1 Å². The van der Waals surface area contributed by atoms with Crippen LogP contribution in [0.15, 0.2) is 91.5 Å². The Balaban J connectivity index is 1.23. The maximum atomic E-state index is 12.5. The van der Waals surface area contributed by atoms with Gasteiger partial charge in [-0.05, 0) is 97.5 Å². The Kier molecular flexibility index (Phi) is 13.0. The lowest BCUT2D eigenvalue weighted by atomic mass is 9.98. The number of hydrogen-bond acceptors (Lipinski definition) is 7. The summed E-state index contributed by atoms with van der Waals surface area (Å²) < 4.78 is 21.7. The van der Waals surface area contributed by atoms with Crippen LogP contribution in [0.5, 0.6) is 11.5 Å². The maximum Gasteiger partial charge on any atom is 0.339 e. The molecule has 0 spiro atoms. The average Bonchev–Trinajstić information content (AvgIpc) is 3.06. The molecule has 0 N–H and O–H groups in total. The Morgan fingerprint density at radius 1 is 0.826 bits per heavy atom. The summed E-state index contributed by atoms with van der Waals surface area (Å²) in [6.07, 6.45) is 11.6. The van der Waals surface area contributed by atoms with E-state index in [1.54, 1.807) is 12.1 Å². The van der Waals surface area contributed by atoms with Crippen molar-refractivity contribution in [1.29, 1.82) is 0 Å². The Labute approximate surface area is 271 Å². The summed E-state index contributed by atoms with van der Waals surface area (Å²) in [5.41, 5.74) is 5.39. The molecule has 1 aliphatic carbocycles. The lowest BCUT2D eigenvalue weighted by Crippen LogP contribution is -2.22. The van der Waals surface area contributed by atoms with Crippen LogP contribution in [0, 0.1) is 6.92 Å². The van der Waals surface area contributed by atoms with Gasteiger partial charge in [-0.1, -0.05) is 74.2 Å². The van der Waals surface area contributed by atoms with Crippen molar-refractivity contribution in [2.45, 2.75) is 64.4 Å². The molecular formula is C39H42O7. The van der Waals surface area contributed by atoms with Gasteiger partial charge in [0, 0.05) is 11.6 Å².